The molecule has 0 aliphatic heterocycles. The maximum atomic E-state index is 13.6. The summed E-state index contributed by atoms with van der Waals surface area (Å²) in [4.78, 5) is 42.0. The number of hydrogen-bond acceptors (Lipinski definition) is 7. The Labute approximate surface area is 190 Å². The van der Waals surface area contributed by atoms with Crippen molar-refractivity contribution in [3.8, 4) is 11.8 Å². The van der Waals surface area contributed by atoms with Gasteiger partial charge in [0, 0.05) is 32.9 Å². The maximum Gasteiger partial charge on any atom is 0.332 e. The number of likely N-dealkylation sites (N-methyl/N-ethyl adjacent to an activating group) is 1. The van der Waals surface area contributed by atoms with Crippen LogP contribution in [0.1, 0.15) is 19.5 Å². The van der Waals surface area contributed by atoms with Crippen LogP contribution in [0.5, 0.6) is 0 Å². The summed E-state index contributed by atoms with van der Waals surface area (Å²) < 4.78 is 4.31. The van der Waals surface area contributed by atoms with Gasteiger partial charge in [-0.05, 0) is 38.1 Å². The summed E-state index contributed by atoms with van der Waals surface area (Å²) in [5, 5.41) is 0. The highest BCUT2D eigenvalue weighted by Crippen LogP contribution is 2.19. The predicted molar refractivity (Wildman–Crippen MR) is 128 cm³/mol. The predicted octanol–water partition coefficient (Wildman–Crippen LogP) is 0.695. The first-order valence-corrected chi connectivity index (χ1v) is 10.6. The molecule has 4 aromatic rings. The van der Waals surface area contributed by atoms with Crippen LogP contribution in [0.2, 0.25) is 0 Å². The number of aryl methyl sites for hydroxylation is 1. The van der Waals surface area contributed by atoms with E-state index >= 15 is 0 Å². The number of nitrogens with two attached hydrogens (primary N) is 1. The van der Waals surface area contributed by atoms with Gasteiger partial charge in [0.25, 0.3) is 5.56 Å². The van der Waals surface area contributed by atoms with Gasteiger partial charge in [-0.2, -0.15) is 4.98 Å². The molecule has 0 saturated heterocycles. The Balaban J connectivity index is 1.91. The van der Waals surface area contributed by atoms with E-state index < -0.39 is 11.2 Å². The van der Waals surface area contributed by atoms with E-state index in [2.05, 4.69) is 26.8 Å². The first-order chi connectivity index (χ1) is 15.8. The van der Waals surface area contributed by atoms with Crippen molar-refractivity contribution in [3.05, 3.63) is 57.0 Å². The van der Waals surface area contributed by atoms with E-state index in [1.165, 1.54) is 9.13 Å². The van der Waals surface area contributed by atoms with E-state index in [-0.39, 0.29) is 19.1 Å². The fraction of sp³-hybridized carbons (Fsp3) is 0.348. The zero-order valence-corrected chi connectivity index (χ0v) is 19.1. The molecule has 4 heterocycles. The van der Waals surface area contributed by atoms with Gasteiger partial charge < -0.3 is 10.6 Å². The number of hydrogen-bond donors (Lipinski definition) is 1. The number of aromatic nitrogens is 6. The highest BCUT2D eigenvalue weighted by atomic mass is 16.2. The number of fused-ring (bicyclic) bond motifs is 2. The Morgan fingerprint density at radius 2 is 1.94 bits per heavy atom. The van der Waals surface area contributed by atoms with Crippen molar-refractivity contribution >= 4 is 28.1 Å². The van der Waals surface area contributed by atoms with E-state index in [4.69, 9.17) is 5.73 Å². The Hall–Kier alpha value is -3.97. The van der Waals surface area contributed by atoms with E-state index in [9.17, 15) is 9.59 Å². The average Bonchev–Trinajstić information content (AvgIpc) is 3.18. The molecule has 4 rings (SSSR count). The third-order valence-corrected chi connectivity index (χ3v) is 5.36. The third-order valence-electron chi connectivity index (χ3n) is 5.36. The minimum atomic E-state index is -0.465. The lowest BCUT2D eigenvalue weighted by Gasteiger charge is -2.20. The summed E-state index contributed by atoms with van der Waals surface area (Å²) in [6, 6.07) is 7.13. The molecule has 0 saturated carbocycles. The number of rotatable bonds is 6. The van der Waals surface area contributed by atoms with Crippen LogP contribution >= 0.6 is 0 Å². The molecule has 0 unspecified atom stereocenters. The second kappa shape index (κ2) is 8.88. The normalized spacial score (nSPS) is 12.0. The second-order valence-corrected chi connectivity index (χ2v) is 8.03. The Bertz CT molecular complexity index is 1520. The summed E-state index contributed by atoms with van der Waals surface area (Å²) in [6.07, 6.45) is 1.69. The minimum absolute atomic E-state index is 0.0297. The van der Waals surface area contributed by atoms with Gasteiger partial charge in [0.15, 0.2) is 11.2 Å². The summed E-state index contributed by atoms with van der Waals surface area (Å²) in [5.41, 5.74) is 7.72. The van der Waals surface area contributed by atoms with Crippen molar-refractivity contribution in [1.29, 1.82) is 0 Å². The minimum Gasteiger partial charge on any atom is -0.344 e. The van der Waals surface area contributed by atoms with Crippen LogP contribution in [0.4, 0.5) is 5.95 Å². The van der Waals surface area contributed by atoms with Crippen molar-refractivity contribution in [2.75, 3.05) is 18.5 Å². The molecule has 0 aliphatic rings. The molecule has 10 heteroatoms. The number of anilines is 1. The van der Waals surface area contributed by atoms with Gasteiger partial charge in [0.2, 0.25) is 5.95 Å². The van der Waals surface area contributed by atoms with Crippen molar-refractivity contribution in [2.24, 2.45) is 12.8 Å². The van der Waals surface area contributed by atoms with Crippen LogP contribution in [-0.4, -0.2) is 48.3 Å². The zero-order chi connectivity index (χ0) is 23.7. The molecule has 10 nitrogen and oxygen atoms in total. The van der Waals surface area contributed by atoms with E-state index in [0.29, 0.717) is 34.9 Å². The molecular weight excluding hydrogens is 420 g/mol. The van der Waals surface area contributed by atoms with Crippen LogP contribution in [0.15, 0.2) is 40.1 Å². The van der Waals surface area contributed by atoms with Gasteiger partial charge in [-0.15, -0.1) is 5.92 Å². The quantitative estimate of drug-likeness (QED) is 0.433. The van der Waals surface area contributed by atoms with E-state index in [1.807, 2.05) is 31.0 Å². The number of pyridine rings is 2. The SMILES string of the molecule is CC#CCn1c(N(C)C[C@H](C)N)nc2c1c(=O)n(Cc1ccc3ncccc3n1)c(=O)n2C. The fourth-order valence-corrected chi connectivity index (χ4v) is 3.86. The fourth-order valence-electron chi connectivity index (χ4n) is 3.86. The standard InChI is InChI=1S/C23H26N8O2/c1-5-6-12-30-19-20(27-22(30)28(3)13-15(2)24)29(4)23(33)31(21(19)32)14-16-9-10-17-18(26-16)8-7-11-25-17/h7-11,15H,12-14,24H2,1-4H3/t15-/m0/s1. The lowest BCUT2D eigenvalue weighted by atomic mass is 10.2. The first kappa shape index (κ1) is 22.2. The molecule has 0 radical (unpaired) electrons. The molecule has 0 spiro atoms. The molecule has 0 aliphatic carbocycles. The van der Waals surface area contributed by atoms with Gasteiger partial charge in [0.1, 0.15) is 0 Å². The molecular formula is C23H26N8O2. The van der Waals surface area contributed by atoms with Crippen molar-refractivity contribution in [3.63, 3.8) is 0 Å². The highest BCUT2D eigenvalue weighted by molar-refractivity contribution is 5.75. The number of imidazole rings is 1. The second-order valence-electron chi connectivity index (χ2n) is 8.03. The summed E-state index contributed by atoms with van der Waals surface area (Å²) in [7, 11) is 3.46. The van der Waals surface area contributed by atoms with Gasteiger partial charge in [-0.25, -0.2) is 9.78 Å². The summed E-state index contributed by atoms with van der Waals surface area (Å²) in [5.74, 6) is 6.39. The van der Waals surface area contributed by atoms with Crippen LogP contribution in [0.3, 0.4) is 0 Å². The lowest BCUT2D eigenvalue weighted by Crippen LogP contribution is -2.40. The first-order valence-electron chi connectivity index (χ1n) is 10.6. The van der Waals surface area contributed by atoms with Crippen LogP contribution in [0, 0.1) is 11.8 Å². The monoisotopic (exact) mass is 446 g/mol. The van der Waals surface area contributed by atoms with Crippen molar-refractivity contribution in [2.45, 2.75) is 33.0 Å². The van der Waals surface area contributed by atoms with Crippen LogP contribution in [-0.2, 0) is 20.1 Å². The summed E-state index contributed by atoms with van der Waals surface area (Å²) in [6.45, 7) is 4.45. The topological polar surface area (TPSA) is 117 Å². The van der Waals surface area contributed by atoms with Gasteiger partial charge in [-0.3, -0.25) is 23.5 Å². The smallest absolute Gasteiger partial charge is 0.332 e. The van der Waals surface area contributed by atoms with Gasteiger partial charge in [0.05, 0.1) is 29.8 Å². The van der Waals surface area contributed by atoms with Gasteiger partial charge in [-0.1, -0.05) is 5.92 Å². The molecule has 170 valence electrons. The largest absolute Gasteiger partial charge is 0.344 e. The van der Waals surface area contributed by atoms with Crippen LogP contribution < -0.4 is 21.9 Å². The maximum absolute atomic E-state index is 13.6. The van der Waals surface area contributed by atoms with E-state index in [1.54, 1.807) is 36.9 Å². The molecule has 2 N–H and O–H groups in total. The molecule has 4 aromatic heterocycles. The third kappa shape index (κ3) is 4.10. The van der Waals surface area contributed by atoms with Crippen LogP contribution in [0.25, 0.3) is 22.2 Å². The molecule has 1 atom stereocenters. The van der Waals surface area contributed by atoms with Crippen molar-refractivity contribution < 1.29 is 0 Å². The molecule has 0 fully saturated rings. The molecule has 0 amide bonds. The average molecular weight is 447 g/mol. The summed E-state index contributed by atoms with van der Waals surface area (Å²) >= 11 is 0. The van der Waals surface area contributed by atoms with Crippen molar-refractivity contribution in [1.82, 2.24) is 28.7 Å². The molecule has 33 heavy (non-hydrogen) atoms. The highest BCUT2D eigenvalue weighted by Gasteiger charge is 2.22. The molecule has 0 bridgehead atoms. The Morgan fingerprint density at radius 3 is 2.67 bits per heavy atom. The van der Waals surface area contributed by atoms with E-state index in [0.717, 1.165) is 5.52 Å². The molecule has 0 aromatic carbocycles. The number of nitrogens with zero attached hydrogens (tertiary/aromatic N) is 7. The lowest BCUT2D eigenvalue weighted by molar-refractivity contribution is 0.645. The Kier molecular flexibility index (Phi) is 5.98. The Morgan fingerprint density at radius 1 is 1.15 bits per heavy atom. The van der Waals surface area contributed by atoms with Gasteiger partial charge >= 0.3 is 5.69 Å². The zero-order valence-electron chi connectivity index (χ0n) is 19.1.